The Labute approximate surface area is 877 Å². The molecule has 11 aliphatic rings. The summed E-state index contributed by atoms with van der Waals surface area (Å²) in [6.45, 7) is 7.92. The summed E-state index contributed by atoms with van der Waals surface area (Å²) in [5.74, 6) is 3.36. The van der Waals surface area contributed by atoms with E-state index in [1.165, 1.54) is 50.1 Å². The molecule has 9 aromatic carbocycles. The molecule has 31 heteroatoms. The minimum Gasteiger partial charge on any atom is -0.479 e. The lowest BCUT2D eigenvalue weighted by atomic mass is 9.97. The Bertz CT molecular complexity index is 7650. The lowest BCUT2D eigenvalue weighted by molar-refractivity contribution is -0.139. The van der Waals surface area contributed by atoms with E-state index in [2.05, 4.69) is 43.1 Å². The van der Waals surface area contributed by atoms with Gasteiger partial charge in [-0.05, 0) is 269 Å². The number of likely N-dealkylation sites (tertiary alicyclic amines) is 5. The number of aliphatic hydroxyl groups excluding tert-OH is 1. The number of aliphatic hydroxyl groups is 1. The number of allylic oxidation sites excluding steroid dienone is 1. The maximum Gasteiger partial charge on any atom is 0.416 e. The molecule has 5 aromatic heterocycles. The molecule has 5 atom stereocenters. The van der Waals surface area contributed by atoms with Gasteiger partial charge >= 0.3 is 6.18 Å². The average molecular weight is 2090 g/mol. The van der Waals surface area contributed by atoms with Crippen molar-refractivity contribution < 1.29 is 70.3 Å². The van der Waals surface area contributed by atoms with Crippen molar-refractivity contribution in [2.75, 3.05) is 65.4 Å². The number of alkyl halides is 3. The van der Waals surface area contributed by atoms with E-state index in [9.17, 15) is 51.9 Å². The van der Waals surface area contributed by atoms with Gasteiger partial charge in [0.15, 0.2) is 30.5 Å². The number of amides is 5. The van der Waals surface area contributed by atoms with E-state index in [1.54, 1.807) is 55.0 Å². The highest BCUT2D eigenvalue weighted by Crippen LogP contribution is 2.51. The van der Waals surface area contributed by atoms with Crippen molar-refractivity contribution >= 4 is 137 Å². The first kappa shape index (κ1) is 100. The predicted molar refractivity (Wildman–Crippen MR) is 565 cm³/mol. The highest BCUT2D eigenvalue weighted by atomic mass is 35.5. The molecule has 14 aromatic rings. The van der Waals surface area contributed by atoms with Crippen molar-refractivity contribution in [3.63, 3.8) is 0 Å². The van der Waals surface area contributed by atoms with Gasteiger partial charge in [-0.1, -0.05) is 94.4 Å². The number of halogens is 9. The minimum absolute atomic E-state index is 0.0299. The van der Waals surface area contributed by atoms with Crippen LogP contribution in [0.3, 0.4) is 0 Å². The Morgan fingerprint density at radius 3 is 1.01 bits per heavy atom. The molecular weight excluding hydrogens is 1990 g/mol. The van der Waals surface area contributed by atoms with Gasteiger partial charge in [-0.25, -0.2) is 4.39 Å². The normalized spacial score (nSPS) is 18.7. The van der Waals surface area contributed by atoms with Crippen molar-refractivity contribution in [3.8, 4) is 90.5 Å². The van der Waals surface area contributed by atoms with Gasteiger partial charge < -0.3 is 53.3 Å². The summed E-state index contributed by atoms with van der Waals surface area (Å²) in [5.41, 5.74) is 18.4. The van der Waals surface area contributed by atoms with Crippen LogP contribution in [0.4, 0.5) is 17.6 Å². The Balaban J connectivity index is 0.000000108. The lowest BCUT2D eigenvalue weighted by Gasteiger charge is -2.28. The molecule has 148 heavy (non-hydrogen) atoms. The smallest absolute Gasteiger partial charge is 0.416 e. The molecule has 15 heterocycles. The van der Waals surface area contributed by atoms with Gasteiger partial charge in [0.2, 0.25) is 0 Å². The fourth-order valence-electron chi connectivity index (χ4n) is 22.2. The van der Waals surface area contributed by atoms with Crippen LogP contribution in [0, 0.1) is 17.1 Å². The first-order chi connectivity index (χ1) is 71.9. The van der Waals surface area contributed by atoms with Crippen LogP contribution >= 0.6 is 58.0 Å². The van der Waals surface area contributed by atoms with Crippen LogP contribution in [0.15, 0.2) is 201 Å². The maximum atomic E-state index is 13.9. The van der Waals surface area contributed by atoms with Crippen LogP contribution < -0.4 is 23.7 Å². The van der Waals surface area contributed by atoms with Gasteiger partial charge in [0.25, 0.3) is 29.5 Å². The molecule has 10 aliphatic heterocycles. The number of nitriles is 1. The first-order valence-corrected chi connectivity index (χ1v) is 52.6. The molecule has 25 rings (SSSR count). The minimum atomic E-state index is -4.45. The molecule has 5 fully saturated rings. The second-order valence-corrected chi connectivity index (χ2v) is 41.4. The van der Waals surface area contributed by atoms with Crippen LogP contribution in [-0.2, 0) is 75.3 Å². The zero-order valence-electron chi connectivity index (χ0n) is 81.0. The summed E-state index contributed by atoms with van der Waals surface area (Å²) >= 11 is 32.1. The number of fused-ring (bicyclic) bond motifs is 10. The van der Waals surface area contributed by atoms with E-state index in [4.69, 9.17) is 81.7 Å². The summed E-state index contributed by atoms with van der Waals surface area (Å²) in [7, 11) is 0. The van der Waals surface area contributed by atoms with Gasteiger partial charge in [0.1, 0.15) is 34.6 Å². The number of rotatable bonds is 11. The van der Waals surface area contributed by atoms with Crippen LogP contribution in [-0.4, -0.2) is 180 Å². The number of hydrogen-bond donors (Lipinski definition) is 1. The van der Waals surface area contributed by atoms with Gasteiger partial charge in [0.05, 0.1) is 51.6 Å². The van der Waals surface area contributed by atoms with E-state index < -0.39 is 42.3 Å². The van der Waals surface area contributed by atoms with Gasteiger partial charge in [-0.3, -0.25) is 48.9 Å². The topological polar surface area (TPSA) is 256 Å². The monoisotopic (exact) mass is 2090 g/mol. The number of pyridine rings is 5. The molecule has 0 saturated carbocycles. The van der Waals surface area contributed by atoms with E-state index in [0.717, 1.165) is 277 Å². The molecular formula is C117H104Cl5F4N11O11. The second kappa shape index (κ2) is 43.7. The Morgan fingerprint density at radius 2 is 0.655 bits per heavy atom. The Kier molecular flexibility index (Phi) is 29.7. The van der Waals surface area contributed by atoms with E-state index in [1.807, 2.05) is 128 Å². The molecule has 0 bridgehead atoms. The lowest BCUT2D eigenvalue weighted by Crippen LogP contribution is -2.43. The van der Waals surface area contributed by atoms with Gasteiger partial charge in [-0.15, -0.1) is 0 Å². The van der Waals surface area contributed by atoms with E-state index in [0.29, 0.717) is 107 Å². The van der Waals surface area contributed by atoms with Gasteiger partial charge in [-0.2, -0.15) is 18.4 Å². The van der Waals surface area contributed by atoms with E-state index >= 15 is 0 Å². The van der Waals surface area contributed by atoms with Crippen LogP contribution in [0.2, 0.25) is 25.1 Å². The number of hydrogen-bond acceptors (Lipinski definition) is 17. The number of benzene rings is 9. The van der Waals surface area contributed by atoms with Gasteiger partial charge in [0, 0.05) is 243 Å². The molecule has 1 aliphatic carbocycles. The highest BCUT2D eigenvalue weighted by Gasteiger charge is 2.43. The third-order valence-electron chi connectivity index (χ3n) is 29.5. The summed E-state index contributed by atoms with van der Waals surface area (Å²) in [4.78, 5) is 96.3. The zero-order chi connectivity index (χ0) is 102. The molecule has 756 valence electrons. The second-order valence-electron chi connectivity index (χ2n) is 39.2. The molecule has 0 spiro atoms. The summed E-state index contributed by atoms with van der Waals surface area (Å²) in [6, 6.07) is 49.4. The Hall–Kier alpha value is -13.5. The number of piperidine rings is 5. The highest BCUT2D eigenvalue weighted by molar-refractivity contribution is 6.33. The molecule has 22 nitrogen and oxygen atoms in total. The Morgan fingerprint density at radius 1 is 0.345 bits per heavy atom. The molecule has 1 N–H and O–H groups in total. The largest absolute Gasteiger partial charge is 0.479 e. The maximum absolute atomic E-state index is 13.9. The quantitative estimate of drug-likeness (QED) is 0.118. The molecule has 0 radical (unpaired) electrons. The standard InChI is InChI=1S/C24H20ClF3N2O2.C24H20ClN3O2.C24H23ClN2O3.C23H20ClFN2O2.C22H21ClN2O2/c25-16-10-14-11-21(23(31)30-8-2-1-3-9-30)32-22(14)19(13-16)17-6-7-29-20-12-15(24(26,27)28)4-5-18(17)20;25-17-11-16-12-22(24(29)28-8-2-1-3-9-28)30-23(16)20(13-17)18-6-7-27-21-10-15(14-26)4-5-19(18)21;25-17-11-16-12-22(24(29)27-8-2-1-3-9-27)30-23(16)20(13-17)18-6-7-26-21-10-15(14-28)4-5-19(18)21;24-15-10-14-11-21(23(28)27-8-2-1-3-9-27)29-22(14)19(12-15)17-6-7-26-20-5-4-16(25)13-18(17)20;23-15-11-14-12-20(22(26)25-9-2-1-3-10-25)27-21(14)18(13-15)16-7-8-24-19-6-4-5-17(16)19/h4-7,10,12-13,21H,1-3,8-9,11H2;4-7,10-11,13,22H,1-3,8-9,12H2;4-7,10-11,13,22,28H,1-3,8-9,12,14H2;4-7,10,12-13,21H,1-3,8-9,11H2;4-5,7-8,11,13,20H,1-3,6,9-10,12H2/t;;;;20-/m....1/s1. The zero-order valence-corrected chi connectivity index (χ0v) is 84.8. The van der Waals surface area contributed by atoms with Crippen LogP contribution in [0.1, 0.15) is 152 Å². The number of nitrogens with zero attached hydrogens (tertiary/aromatic N) is 11. The SMILES string of the molecule is N#Cc1ccc2c(-c3cc(Cl)cc4c3OC(C(=O)N3CCCCC3)C4)ccnc2c1.O=C(C1Cc2cc(Cl)cc(-c3ccnc4cc(C(F)(F)F)ccc34)c2O1)N1CCCCC1.O=C(C1Cc2cc(Cl)cc(-c3ccnc4cc(CO)ccc34)c2O1)N1CCCCC1.O=C(C1Cc2cc(Cl)cc(-c3ccnc4ccc(F)cc34)c2O1)N1CCCCC1.O=C([C@H]1Cc2cc(Cl)cc(-c3ccnc4c3C=CC4)c2O1)N1CCCCC1. The van der Waals surface area contributed by atoms with Crippen molar-refractivity contribution in [2.24, 2.45) is 0 Å². The van der Waals surface area contributed by atoms with E-state index in [-0.39, 0.29) is 47.5 Å². The summed E-state index contributed by atoms with van der Waals surface area (Å²) < 4.78 is 84.4. The first-order valence-electron chi connectivity index (χ1n) is 50.7. The van der Waals surface area contributed by atoms with Crippen molar-refractivity contribution in [3.05, 3.63) is 288 Å². The predicted octanol–water partition coefficient (Wildman–Crippen LogP) is 24.3. The number of carbonyl (C=O) groups is 5. The van der Waals surface area contributed by atoms with Crippen LogP contribution in [0.5, 0.6) is 28.7 Å². The average Bonchev–Trinajstić information content (AvgIpc) is 1.68. The number of ether oxygens (including phenoxy) is 5. The number of aromatic nitrogens is 5. The molecule has 4 unspecified atom stereocenters. The fourth-order valence-corrected chi connectivity index (χ4v) is 23.4. The third kappa shape index (κ3) is 21.2. The fraction of sp³-hybridized carbons (Fsp3) is 0.325. The summed E-state index contributed by atoms with van der Waals surface area (Å²) in [5, 5.41) is 24.7. The van der Waals surface area contributed by atoms with Crippen LogP contribution in [0.25, 0.3) is 105 Å². The third-order valence-corrected chi connectivity index (χ3v) is 30.5. The van der Waals surface area contributed by atoms with Crippen molar-refractivity contribution in [1.82, 2.24) is 49.4 Å². The number of carbonyl (C=O) groups excluding carboxylic acids is 5. The van der Waals surface area contributed by atoms with Crippen molar-refractivity contribution in [1.29, 1.82) is 5.26 Å². The summed E-state index contributed by atoms with van der Waals surface area (Å²) in [6.07, 6.45) is 25.3. The molecule has 5 amide bonds. The van der Waals surface area contributed by atoms with Crippen molar-refractivity contribution in [2.45, 2.75) is 178 Å². The molecule has 5 saturated heterocycles.